The zero-order valence-electron chi connectivity index (χ0n) is 10.6. The number of anilines is 1. The van der Waals surface area contributed by atoms with Crippen LogP contribution in [0.3, 0.4) is 0 Å². The number of hydrogen-bond donors (Lipinski definition) is 1. The summed E-state index contributed by atoms with van der Waals surface area (Å²) in [5, 5.41) is 4.57. The monoisotopic (exact) mass is 229 g/mol. The molecular weight excluding hydrogens is 210 g/mol. The van der Waals surface area contributed by atoms with Crippen molar-refractivity contribution < 1.29 is 0 Å². The Balaban J connectivity index is 2.38. The molecule has 2 aromatic rings. The highest BCUT2D eigenvalue weighted by molar-refractivity contribution is 5.65. The van der Waals surface area contributed by atoms with Crippen LogP contribution < -0.4 is 5.73 Å². The van der Waals surface area contributed by atoms with Crippen molar-refractivity contribution in [3.63, 3.8) is 0 Å². The van der Waals surface area contributed by atoms with Crippen molar-refractivity contribution in [2.45, 2.75) is 27.3 Å². The molecule has 0 aliphatic carbocycles. The van der Waals surface area contributed by atoms with Crippen molar-refractivity contribution in [2.75, 3.05) is 5.73 Å². The van der Waals surface area contributed by atoms with Gasteiger partial charge in [-0.2, -0.15) is 5.10 Å². The van der Waals surface area contributed by atoms with Crippen LogP contribution in [-0.4, -0.2) is 9.78 Å². The van der Waals surface area contributed by atoms with Crippen LogP contribution >= 0.6 is 0 Å². The number of aryl methyl sites for hydroxylation is 1. The summed E-state index contributed by atoms with van der Waals surface area (Å²) >= 11 is 0. The van der Waals surface area contributed by atoms with Gasteiger partial charge in [0, 0.05) is 18.2 Å². The van der Waals surface area contributed by atoms with Crippen molar-refractivity contribution in [1.82, 2.24) is 9.78 Å². The number of benzene rings is 1. The number of nitrogens with two attached hydrogens (primary N) is 1. The fourth-order valence-corrected chi connectivity index (χ4v) is 1.92. The molecule has 0 spiro atoms. The summed E-state index contributed by atoms with van der Waals surface area (Å²) in [7, 11) is 0. The fraction of sp³-hybridized carbons (Fsp3) is 0.357. The smallest absolute Gasteiger partial charge is 0.122 e. The molecule has 0 amide bonds. The molecule has 3 nitrogen and oxygen atoms in total. The van der Waals surface area contributed by atoms with Gasteiger partial charge in [-0.3, -0.25) is 0 Å². The van der Waals surface area contributed by atoms with E-state index in [1.165, 1.54) is 5.56 Å². The van der Waals surface area contributed by atoms with E-state index in [1.807, 2.05) is 22.9 Å². The van der Waals surface area contributed by atoms with Gasteiger partial charge in [-0.05, 0) is 18.4 Å². The summed E-state index contributed by atoms with van der Waals surface area (Å²) in [4.78, 5) is 0. The molecule has 17 heavy (non-hydrogen) atoms. The largest absolute Gasteiger partial charge is 0.384 e. The van der Waals surface area contributed by atoms with Crippen molar-refractivity contribution in [2.24, 2.45) is 5.92 Å². The Labute approximate surface area is 102 Å². The van der Waals surface area contributed by atoms with E-state index in [2.05, 4.69) is 38.0 Å². The average molecular weight is 229 g/mol. The molecule has 3 heteroatoms. The first-order valence-electron chi connectivity index (χ1n) is 5.97. The van der Waals surface area contributed by atoms with Crippen LogP contribution in [0.2, 0.25) is 0 Å². The molecule has 0 saturated heterocycles. The van der Waals surface area contributed by atoms with E-state index in [9.17, 15) is 0 Å². The van der Waals surface area contributed by atoms with E-state index < -0.39 is 0 Å². The van der Waals surface area contributed by atoms with Crippen LogP contribution in [0.1, 0.15) is 19.4 Å². The molecule has 2 rings (SSSR count). The molecule has 0 atom stereocenters. The molecule has 2 N–H and O–H groups in total. The Kier molecular flexibility index (Phi) is 3.18. The van der Waals surface area contributed by atoms with Crippen molar-refractivity contribution >= 4 is 5.82 Å². The normalized spacial score (nSPS) is 11.1. The third-order valence-corrected chi connectivity index (χ3v) is 2.77. The Bertz CT molecular complexity index is 512. The predicted molar refractivity (Wildman–Crippen MR) is 71.7 cm³/mol. The first-order chi connectivity index (χ1) is 8.08. The van der Waals surface area contributed by atoms with Gasteiger partial charge in [-0.15, -0.1) is 0 Å². The van der Waals surface area contributed by atoms with Gasteiger partial charge < -0.3 is 5.73 Å². The SMILES string of the molecule is Cc1ccccc1-c1cc(N)n(CC(C)C)n1. The Morgan fingerprint density at radius 3 is 2.65 bits per heavy atom. The van der Waals surface area contributed by atoms with Crippen LogP contribution in [0.5, 0.6) is 0 Å². The van der Waals surface area contributed by atoms with Gasteiger partial charge in [0.25, 0.3) is 0 Å². The van der Waals surface area contributed by atoms with Crippen molar-refractivity contribution in [3.05, 3.63) is 35.9 Å². The summed E-state index contributed by atoms with van der Waals surface area (Å²) in [6.07, 6.45) is 0. The highest BCUT2D eigenvalue weighted by atomic mass is 15.3. The topological polar surface area (TPSA) is 43.8 Å². The summed E-state index contributed by atoms with van der Waals surface area (Å²) in [6.45, 7) is 7.27. The molecule has 0 aliphatic rings. The number of hydrogen-bond acceptors (Lipinski definition) is 2. The Morgan fingerprint density at radius 1 is 1.29 bits per heavy atom. The molecule has 0 saturated carbocycles. The van der Waals surface area contributed by atoms with E-state index in [0.717, 1.165) is 23.6 Å². The van der Waals surface area contributed by atoms with E-state index in [-0.39, 0.29) is 0 Å². The molecule has 0 fully saturated rings. The van der Waals surface area contributed by atoms with Crippen molar-refractivity contribution in [3.8, 4) is 11.3 Å². The lowest BCUT2D eigenvalue weighted by Gasteiger charge is -2.06. The highest BCUT2D eigenvalue weighted by Crippen LogP contribution is 2.23. The van der Waals surface area contributed by atoms with Crippen LogP contribution in [0.15, 0.2) is 30.3 Å². The van der Waals surface area contributed by atoms with Crippen LogP contribution in [-0.2, 0) is 6.54 Å². The lowest BCUT2D eigenvalue weighted by molar-refractivity contribution is 0.489. The summed E-state index contributed by atoms with van der Waals surface area (Å²) in [6, 6.07) is 10.2. The molecule has 0 aliphatic heterocycles. The molecule has 1 aromatic carbocycles. The Morgan fingerprint density at radius 2 is 2.00 bits per heavy atom. The van der Waals surface area contributed by atoms with Gasteiger partial charge in [-0.25, -0.2) is 4.68 Å². The standard InChI is InChI=1S/C14H19N3/c1-10(2)9-17-14(15)8-13(16-17)12-7-5-4-6-11(12)3/h4-8,10H,9,15H2,1-3H3. The number of nitrogen functional groups attached to an aromatic ring is 1. The van der Waals surface area contributed by atoms with E-state index in [0.29, 0.717) is 5.92 Å². The third-order valence-electron chi connectivity index (χ3n) is 2.77. The maximum atomic E-state index is 5.98. The van der Waals surface area contributed by atoms with Gasteiger partial charge in [0.15, 0.2) is 0 Å². The van der Waals surface area contributed by atoms with Gasteiger partial charge in [0.2, 0.25) is 0 Å². The van der Waals surface area contributed by atoms with Crippen LogP contribution in [0.4, 0.5) is 5.82 Å². The Hall–Kier alpha value is -1.77. The second kappa shape index (κ2) is 4.62. The molecule has 90 valence electrons. The first kappa shape index (κ1) is 11.7. The van der Waals surface area contributed by atoms with Gasteiger partial charge in [0.05, 0.1) is 5.69 Å². The molecular formula is C14H19N3. The summed E-state index contributed by atoms with van der Waals surface area (Å²) in [5.41, 5.74) is 9.32. The number of nitrogens with zero attached hydrogens (tertiary/aromatic N) is 2. The number of rotatable bonds is 3. The maximum absolute atomic E-state index is 5.98. The molecule has 1 aromatic heterocycles. The minimum atomic E-state index is 0.543. The molecule has 0 radical (unpaired) electrons. The minimum Gasteiger partial charge on any atom is -0.384 e. The van der Waals surface area contributed by atoms with E-state index >= 15 is 0 Å². The quantitative estimate of drug-likeness (QED) is 0.879. The number of aromatic nitrogens is 2. The summed E-state index contributed by atoms with van der Waals surface area (Å²) in [5.74, 6) is 1.28. The lowest BCUT2D eigenvalue weighted by atomic mass is 10.1. The second-order valence-electron chi connectivity index (χ2n) is 4.85. The third kappa shape index (κ3) is 2.49. The molecule has 0 bridgehead atoms. The average Bonchev–Trinajstić information content (AvgIpc) is 2.60. The minimum absolute atomic E-state index is 0.543. The van der Waals surface area contributed by atoms with Gasteiger partial charge in [0.1, 0.15) is 5.82 Å². The van der Waals surface area contributed by atoms with Crippen LogP contribution in [0, 0.1) is 12.8 Å². The fourth-order valence-electron chi connectivity index (χ4n) is 1.92. The maximum Gasteiger partial charge on any atom is 0.122 e. The van der Waals surface area contributed by atoms with Crippen LogP contribution in [0.25, 0.3) is 11.3 Å². The van der Waals surface area contributed by atoms with E-state index in [4.69, 9.17) is 5.73 Å². The van der Waals surface area contributed by atoms with Crippen molar-refractivity contribution in [1.29, 1.82) is 0 Å². The van der Waals surface area contributed by atoms with E-state index in [1.54, 1.807) is 0 Å². The van der Waals surface area contributed by atoms with Gasteiger partial charge in [-0.1, -0.05) is 38.1 Å². The zero-order chi connectivity index (χ0) is 12.4. The predicted octanol–water partition coefficient (Wildman–Crippen LogP) is 3.10. The van der Waals surface area contributed by atoms with Gasteiger partial charge >= 0.3 is 0 Å². The second-order valence-corrected chi connectivity index (χ2v) is 4.85. The first-order valence-corrected chi connectivity index (χ1v) is 5.97. The zero-order valence-corrected chi connectivity index (χ0v) is 10.6. The highest BCUT2D eigenvalue weighted by Gasteiger charge is 2.09. The molecule has 1 heterocycles. The molecule has 0 unspecified atom stereocenters. The summed E-state index contributed by atoms with van der Waals surface area (Å²) < 4.78 is 1.88. The lowest BCUT2D eigenvalue weighted by Crippen LogP contribution is -2.09.